The number of phenols is 1. The molecular formula is C29H18F6O4. The zero-order valence-corrected chi connectivity index (χ0v) is 20.0. The van der Waals surface area contributed by atoms with E-state index in [-0.39, 0.29) is 38.8 Å². The molecule has 0 unspecified atom stereocenters. The van der Waals surface area contributed by atoms with Crippen LogP contribution < -0.4 is 4.74 Å². The van der Waals surface area contributed by atoms with Gasteiger partial charge in [-0.25, -0.2) is 4.79 Å². The van der Waals surface area contributed by atoms with Crippen molar-refractivity contribution < 1.29 is 45.7 Å². The lowest BCUT2D eigenvalue weighted by atomic mass is 9.81. The summed E-state index contributed by atoms with van der Waals surface area (Å²) in [5, 5.41) is 11.3. The Hall–Kier alpha value is -4.47. The molecule has 1 aliphatic rings. The number of rotatable bonds is 3. The number of benzene rings is 4. The smallest absolute Gasteiger partial charge is 0.416 e. The monoisotopic (exact) mass is 544 g/mol. The van der Waals surface area contributed by atoms with Gasteiger partial charge in [-0.05, 0) is 36.4 Å². The summed E-state index contributed by atoms with van der Waals surface area (Å²) in [7, 11) is 1.10. The van der Waals surface area contributed by atoms with Crippen LogP contribution in [0.15, 0.2) is 78.9 Å². The topological polar surface area (TPSA) is 55.8 Å². The predicted molar refractivity (Wildman–Crippen MR) is 130 cm³/mol. The fourth-order valence-corrected chi connectivity index (χ4v) is 4.71. The quantitative estimate of drug-likeness (QED) is 0.212. The van der Waals surface area contributed by atoms with Gasteiger partial charge in [-0.1, -0.05) is 48.5 Å². The maximum absolute atomic E-state index is 13.7. The van der Waals surface area contributed by atoms with E-state index in [1.165, 1.54) is 30.4 Å². The van der Waals surface area contributed by atoms with Crippen LogP contribution in [0, 0.1) is 0 Å². The summed E-state index contributed by atoms with van der Waals surface area (Å²) in [6, 6.07) is 14.4. The van der Waals surface area contributed by atoms with Crippen LogP contribution >= 0.6 is 0 Å². The molecule has 1 aliphatic heterocycles. The number of aromatic hydroxyl groups is 1. The summed E-state index contributed by atoms with van der Waals surface area (Å²) in [5.74, 6) is -1.34. The van der Waals surface area contributed by atoms with Gasteiger partial charge in [0, 0.05) is 27.5 Å². The van der Waals surface area contributed by atoms with Crippen molar-refractivity contribution in [2.45, 2.75) is 18.0 Å². The molecule has 0 spiro atoms. The number of phenolic OH excluding ortho intramolecular Hbond substituents is 1. The summed E-state index contributed by atoms with van der Waals surface area (Å²) in [6.45, 7) is 0. The largest absolute Gasteiger partial charge is 0.506 e. The second kappa shape index (κ2) is 9.07. The van der Waals surface area contributed by atoms with E-state index in [0.717, 1.165) is 43.5 Å². The molecule has 1 heterocycles. The lowest BCUT2D eigenvalue weighted by Crippen LogP contribution is -2.35. The molecule has 0 bridgehead atoms. The molecule has 1 N–H and O–H groups in total. The van der Waals surface area contributed by atoms with Crippen molar-refractivity contribution in [2.75, 3.05) is 7.11 Å². The average molecular weight is 544 g/mol. The van der Waals surface area contributed by atoms with Crippen LogP contribution in [0.25, 0.3) is 16.8 Å². The second-order valence-electron chi connectivity index (χ2n) is 8.83. The van der Waals surface area contributed by atoms with E-state index in [1.807, 2.05) is 0 Å². The standard InChI is InChI=1S/C29H18F6O4/c1-38-26(37)23-22-12-13-27(16-6-4-8-18(14-16)28(30,31)32,17-7-5-9-19(15-17)29(33,34)35)39-25(22)21-11-3-2-10-20(21)24(23)36/h2-15,36H,1H3. The molecule has 5 rings (SSSR count). The molecule has 0 fully saturated rings. The molecule has 0 saturated heterocycles. The Kier molecular flexibility index (Phi) is 6.08. The maximum atomic E-state index is 13.7. The summed E-state index contributed by atoms with van der Waals surface area (Å²) in [5.41, 5.74) is -4.43. The molecule has 0 aliphatic carbocycles. The van der Waals surface area contributed by atoms with Gasteiger partial charge in [-0.2, -0.15) is 26.3 Å². The number of halogens is 6. The number of methoxy groups -OCH3 is 1. The highest BCUT2D eigenvalue weighted by atomic mass is 19.4. The van der Waals surface area contributed by atoms with Gasteiger partial charge < -0.3 is 14.6 Å². The SMILES string of the molecule is COC(=O)c1c2c(c3ccccc3c1O)OC(c1cccc(C(F)(F)F)c1)(c1cccc(C(F)(F)F)c1)C=C2. The molecule has 4 aromatic carbocycles. The first-order chi connectivity index (χ1) is 18.4. The van der Waals surface area contributed by atoms with Gasteiger partial charge in [0.1, 0.15) is 17.1 Å². The Morgan fingerprint density at radius 1 is 0.821 bits per heavy atom. The molecule has 200 valence electrons. The fourth-order valence-electron chi connectivity index (χ4n) is 4.71. The molecule has 4 aromatic rings. The Morgan fingerprint density at radius 2 is 1.36 bits per heavy atom. The number of fused-ring (bicyclic) bond motifs is 3. The summed E-state index contributed by atoms with van der Waals surface area (Å²) in [4.78, 5) is 12.6. The number of hydrogen-bond donors (Lipinski definition) is 1. The first-order valence-electron chi connectivity index (χ1n) is 11.5. The van der Waals surface area contributed by atoms with Crippen LogP contribution in [0.4, 0.5) is 26.3 Å². The highest BCUT2D eigenvalue weighted by molar-refractivity contribution is 6.08. The molecule has 0 radical (unpaired) electrons. The van der Waals surface area contributed by atoms with Crippen molar-refractivity contribution in [3.63, 3.8) is 0 Å². The van der Waals surface area contributed by atoms with E-state index in [9.17, 15) is 36.2 Å². The highest BCUT2D eigenvalue weighted by Gasteiger charge is 2.43. The van der Waals surface area contributed by atoms with Gasteiger partial charge in [0.2, 0.25) is 0 Å². The number of esters is 1. The first-order valence-corrected chi connectivity index (χ1v) is 11.5. The van der Waals surface area contributed by atoms with E-state index in [2.05, 4.69) is 0 Å². The van der Waals surface area contributed by atoms with E-state index in [1.54, 1.807) is 18.2 Å². The number of ether oxygens (including phenoxy) is 2. The minimum atomic E-state index is -4.74. The summed E-state index contributed by atoms with van der Waals surface area (Å²) in [6.07, 6.45) is -6.88. The van der Waals surface area contributed by atoms with Crippen molar-refractivity contribution in [3.8, 4) is 11.5 Å². The van der Waals surface area contributed by atoms with Crippen molar-refractivity contribution >= 4 is 22.8 Å². The van der Waals surface area contributed by atoms with E-state index >= 15 is 0 Å². The van der Waals surface area contributed by atoms with Crippen molar-refractivity contribution in [2.24, 2.45) is 0 Å². The molecule has 0 atom stereocenters. The Labute approximate surface area is 217 Å². The van der Waals surface area contributed by atoms with E-state index < -0.39 is 40.8 Å². The molecular weight excluding hydrogens is 526 g/mol. The average Bonchev–Trinajstić information content (AvgIpc) is 2.92. The lowest BCUT2D eigenvalue weighted by molar-refractivity contribution is -0.138. The van der Waals surface area contributed by atoms with Crippen LogP contribution in [0.3, 0.4) is 0 Å². The van der Waals surface area contributed by atoms with Gasteiger partial charge >= 0.3 is 18.3 Å². The van der Waals surface area contributed by atoms with Crippen LogP contribution in [-0.4, -0.2) is 18.2 Å². The molecule has 4 nitrogen and oxygen atoms in total. The van der Waals surface area contributed by atoms with Gasteiger partial charge in [-0.15, -0.1) is 0 Å². The van der Waals surface area contributed by atoms with Gasteiger partial charge in [-0.3, -0.25) is 0 Å². The minimum absolute atomic E-state index is 0.0267. The van der Waals surface area contributed by atoms with Crippen LogP contribution in [0.5, 0.6) is 11.5 Å². The normalized spacial score (nSPS) is 14.5. The molecule has 0 aromatic heterocycles. The van der Waals surface area contributed by atoms with Crippen molar-refractivity contribution in [1.29, 1.82) is 0 Å². The zero-order chi connectivity index (χ0) is 28.2. The minimum Gasteiger partial charge on any atom is -0.506 e. The van der Waals surface area contributed by atoms with Crippen molar-refractivity contribution in [3.05, 3.63) is 112 Å². The Morgan fingerprint density at radius 3 is 1.87 bits per heavy atom. The zero-order valence-electron chi connectivity index (χ0n) is 20.0. The number of carbonyl (C=O) groups is 1. The van der Waals surface area contributed by atoms with Gasteiger partial charge in [0.15, 0.2) is 5.60 Å². The van der Waals surface area contributed by atoms with Crippen LogP contribution in [0.2, 0.25) is 0 Å². The molecule has 0 saturated carbocycles. The predicted octanol–water partition coefficient (Wildman–Crippen LogP) is 7.72. The summed E-state index contributed by atoms with van der Waals surface area (Å²) < 4.78 is 93.2. The van der Waals surface area contributed by atoms with Crippen molar-refractivity contribution in [1.82, 2.24) is 0 Å². The lowest BCUT2D eigenvalue weighted by Gasteiger charge is -2.37. The molecule has 39 heavy (non-hydrogen) atoms. The van der Waals surface area contributed by atoms with E-state index in [4.69, 9.17) is 9.47 Å². The number of alkyl halides is 6. The third-order valence-corrected chi connectivity index (χ3v) is 6.55. The highest BCUT2D eigenvalue weighted by Crippen LogP contribution is 2.50. The Balaban J connectivity index is 1.85. The van der Waals surface area contributed by atoms with Crippen LogP contribution in [0.1, 0.15) is 38.2 Å². The number of carbonyl (C=O) groups excluding carboxylic acids is 1. The third-order valence-electron chi connectivity index (χ3n) is 6.55. The Bertz CT molecular complexity index is 1580. The summed E-state index contributed by atoms with van der Waals surface area (Å²) >= 11 is 0. The fraction of sp³-hybridized carbons (Fsp3) is 0.138. The van der Waals surface area contributed by atoms with Crippen LogP contribution in [-0.2, 0) is 22.7 Å². The molecule has 10 heteroatoms. The third kappa shape index (κ3) is 4.35. The molecule has 0 amide bonds. The van der Waals surface area contributed by atoms with E-state index in [0.29, 0.717) is 0 Å². The van der Waals surface area contributed by atoms with Gasteiger partial charge in [0.05, 0.1) is 18.2 Å². The number of hydrogen-bond acceptors (Lipinski definition) is 4. The maximum Gasteiger partial charge on any atom is 0.416 e. The second-order valence-corrected chi connectivity index (χ2v) is 8.83. The van der Waals surface area contributed by atoms with Gasteiger partial charge in [0.25, 0.3) is 0 Å². The first kappa shape index (κ1) is 26.1.